The molecule has 0 aliphatic rings. The second kappa shape index (κ2) is 20.5. The molecule has 0 aromatic carbocycles. The van der Waals surface area contributed by atoms with E-state index in [0.29, 0.717) is 39.0 Å². The van der Waals surface area contributed by atoms with E-state index in [1.54, 1.807) is 4.90 Å². The average Bonchev–Trinajstić information content (AvgIpc) is 2.79. The molecule has 0 aliphatic carbocycles. The summed E-state index contributed by atoms with van der Waals surface area (Å²) in [5, 5.41) is 0. The number of allylic oxidation sites excluding steroid dienone is 6. The zero-order valence-corrected chi connectivity index (χ0v) is 23.3. The van der Waals surface area contributed by atoms with Crippen LogP contribution >= 0.6 is 0 Å². The average molecular weight is 469 g/mol. The number of carbonyl (C=O) groups is 2. The Morgan fingerprint density at radius 3 is 1.97 bits per heavy atom. The third-order valence-electron chi connectivity index (χ3n) is 4.81. The molecule has 1 atom stereocenters. The molecule has 0 radical (unpaired) electrons. The number of hydrogen-bond acceptors (Lipinski definition) is 5. The molecule has 194 valence electrons. The quantitative estimate of drug-likeness (QED) is 0.271. The second-order valence-electron chi connectivity index (χ2n) is 8.09. The van der Waals surface area contributed by atoms with E-state index in [4.69, 9.17) is 9.47 Å². The predicted octanol–water partition coefficient (Wildman–Crippen LogP) is 6.66. The van der Waals surface area contributed by atoms with Gasteiger partial charge in [-0.15, -0.1) is 0 Å². The van der Waals surface area contributed by atoms with Crippen LogP contribution in [0, 0.1) is 5.41 Å². The van der Waals surface area contributed by atoms with Gasteiger partial charge in [0.15, 0.2) is 0 Å². The zero-order valence-electron chi connectivity index (χ0n) is 23.3. The fourth-order valence-corrected chi connectivity index (χ4v) is 2.99. The van der Waals surface area contributed by atoms with Crippen LogP contribution in [-0.2, 0) is 14.3 Å². The minimum absolute atomic E-state index is 0.207. The van der Waals surface area contributed by atoms with Crippen molar-refractivity contribution in [2.24, 2.45) is 11.1 Å². The highest BCUT2D eigenvalue weighted by Crippen LogP contribution is 2.36. The van der Waals surface area contributed by atoms with Crippen LogP contribution in [0.25, 0.3) is 0 Å². The molecule has 2 N–H and O–H groups in total. The lowest BCUT2D eigenvalue weighted by Crippen LogP contribution is -2.41. The summed E-state index contributed by atoms with van der Waals surface area (Å²) in [6, 6.07) is 0. The molecular weight excluding hydrogens is 416 g/mol. The van der Waals surface area contributed by atoms with Crippen LogP contribution in [0.1, 0.15) is 88.5 Å². The van der Waals surface area contributed by atoms with Crippen LogP contribution in [0.5, 0.6) is 0 Å². The van der Waals surface area contributed by atoms with Gasteiger partial charge in [-0.2, -0.15) is 0 Å². The minimum atomic E-state index is -0.687. The summed E-state index contributed by atoms with van der Waals surface area (Å²) in [7, 11) is 1.50. The van der Waals surface area contributed by atoms with Crippen LogP contribution in [0.4, 0.5) is 4.79 Å². The van der Waals surface area contributed by atoms with Crippen molar-refractivity contribution in [3.63, 3.8) is 0 Å². The normalized spacial score (nSPS) is 13.4. The number of ether oxygens (including phenoxy) is 2. The first kappa shape index (κ1) is 35.5. The maximum Gasteiger partial charge on any atom is 0.410 e. The summed E-state index contributed by atoms with van der Waals surface area (Å²) >= 11 is 0. The van der Waals surface area contributed by atoms with E-state index in [1.165, 1.54) is 7.05 Å². The smallest absolute Gasteiger partial charge is 0.410 e. The third kappa shape index (κ3) is 15.4. The molecule has 0 aliphatic heterocycles. The largest absolute Gasteiger partial charge is 0.466 e. The summed E-state index contributed by atoms with van der Waals surface area (Å²) in [5.41, 5.74) is 4.33. The summed E-state index contributed by atoms with van der Waals surface area (Å²) in [6.07, 6.45) is 11.3. The predicted molar refractivity (Wildman–Crippen MR) is 141 cm³/mol. The van der Waals surface area contributed by atoms with E-state index < -0.39 is 11.0 Å². The molecule has 0 aromatic heterocycles. The van der Waals surface area contributed by atoms with E-state index in [0.717, 1.165) is 5.57 Å². The van der Waals surface area contributed by atoms with Crippen LogP contribution in [0.15, 0.2) is 36.0 Å². The maximum atomic E-state index is 13.0. The van der Waals surface area contributed by atoms with Crippen molar-refractivity contribution < 1.29 is 19.1 Å². The highest BCUT2D eigenvalue weighted by Gasteiger charge is 2.39. The van der Waals surface area contributed by atoms with Crippen molar-refractivity contribution in [2.45, 2.75) is 94.1 Å². The number of esters is 1. The number of amides is 1. The molecule has 0 saturated heterocycles. The fourth-order valence-electron chi connectivity index (χ4n) is 2.99. The van der Waals surface area contributed by atoms with Gasteiger partial charge in [0, 0.05) is 13.1 Å². The summed E-state index contributed by atoms with van der Waals surface area (Å²) in [5.74, 6) is -0.207. The van der Waals surface area contributed by atoms with E-state index in [-0.39, 0.29) is 12.1 Å². The Morgan fingerprint density at radius 1 is 1.00 bits per heavy atom. The molecule has 0 fully saturated rings. The fraction of sp³-hybridized carbons (Fsp3) is 0.704. The van der Waals surface area contributed by atoms with E-state index in [9.17, 15) is 9.59 Å². The molecule has 6 nitrogen and oxygen atoms in total. The van der Waals surface area contributed by atoms with E-state index in [2.05, 4.69) is 5.73 Å². The highest BCUT2D eigenvalue weighted by molar-refractivity contribution is 5.77. The van der Waals surface area contributed by atoms with Gasteiger partial charge in [0.05, 0.1) is 12.0 Å². The van der Waals surface area contributed by atoms with Crippen molar-refractivity contribution >= 4 is 12.1 Å². The first-order valence-electron chi connectivity index (χ1n) is 12.3. The van der Waals surface area contributed by atoms with Gasteiger partial charge in [0.1, 0.15) is 5.60 Å². The van der Waals surface area contributed by atoms with Gasteiger partial charge in [0.2, 0.25) is 0 Å². The molecule has 0 aromatic rings. The van der Waals surface area contributed by atoms with Gasteiger partial charge in [0.25, 0.3) is 0 Å². The molecule has 0 rings (SSSR count). The number of nitrogens with two attached hydrogens (primary N) is 1. The molecule has 0 bridgehead atoms. The molecule has 1 amide bonds. The minimum Gasteiger partial charge on any atom is -0.466 e. The summed E-state index contributed by atoms with van der Waals surface area (Å²) in [6.45, 7) is 20.5. The van der Waals surface area contributed by atoms with Crippen LogP contribution < -0.4 is 5.73 Å². The van der Waals surface area contributed by atoms with Crippen LogP contribution in [-0.4, -0.2) is 49.3 Å². The molecule has 1 unspecified atom stereocenters. The Kier molecular flexibility index (Phi) is 22.1. The number of nitrogens with zero attached hydrogens (tertiary/aromatic N) is 1. The zero-order chi connectivity index (χ0) is 26.5. The SMILES string of the molecule is CC.CN.C\C=C/C=C\C(=C/C)CC(CC)(CCN(CC)C(=O)OC(C)(C)C)C(=O)OCC. The van der Waals surface area contributed by atoms with Gasteiger partial charge in [-0.3, -0.25) is 4.79 Å². The van der Waals surface area contributed by atoms with E-state index >= 15 is 0 Å². The van der Waals surface area contributed by atoms with Gasteiger partial charge in [-0.25, -0.2) is 4.79 Å². The first-order chi connectivity index (χ1) is 15.6. The molecule has 6 heteroatoms. The first-order valence-corrected chi connectivity index (χ1v) is 12.3. The maximum absolute atomic E-state index is 13.0. The highest BCUT2D eigenvalue weighted by atomic mass is 16.6. The molecule has 0 spiro atoms. The van der Waals surface area contributed by atoms with Gasteiger partial charge in [-0.1, -0.05) is 56.7 Å². The Hall–Kier alpha value is -2.08. The van der Waals surface area contributed by atoms with Gasteiger partial charge in [-0.05, 0) is 74.8 Å². The number of carbonyl (C=O) groups excluding carboxylic acids is 2. The standard InChI is InChI=1S/C24H41NO4.C2H6.CH5N/c1-9-14-15-16-20(10-2)19-24(11-3,21(26)28-13-5)17-18-25(12-4)22(27)29-23(6,7)8;2*1-2/h9-10,14-16H,11-13,17-19H2,1-8H3;1-2H3;2H2,1H3/b14-9-,16-15-,20-10+;;. The van der Waals surface area contributed by atoms with Gasteiger partial charge < -0.3 is 20.1 Å². The second-order valence-corrected chi connectivity index (χ2v) is 8.09. The Bertz CT molecular complexity index is 604. The monoisotopic (exact) mass is 468 g/mol. The molecule has 0 saturated carbocycles. The van der Waals surface area contributed by atoms with Crippen molar-refractivity contribution in [3.05, 3.63) is 36.0 Å². The lowest BCUT2D eigenvalue weighted by Gasteiger charge is -2.34. The molecule has 33 heavy (non-hydrogen) atoms. The number of hydrogen-bond donors (Lipinski definition) is 1. The molecular formula is C27H52N2O4. The molecule has 0 heterocycles. The topological polar surface area (TPSA) is 81.9 Å². The van der Waals surface area contributed by atoms with Crippen LogP contribution in [0.2, 0.25) is 0 Å². The summed E-state index contributed by atoms with van der Waals surface area (Å²) in [4.78, 5) is 27.1. The number of rotatable bonds is 11. The summed E-state index contributed by atoms with van der Waals surface area (Å²) < 4.78 is 10.9. The van der Waals surface area contributed by atoms with Crippen molar-refractivity contribution in [2.75, 3.05) is 26.7 Å². The Morgan fingerprint density at radius 2 is 1.58 bits per heavy atom. The Balaban J connectivity index is -0.00000212. The van der Waals surface area contributed by atoms with Crippen LogP contribution in [0.3, 0.4) is 0 Å². The van der Waals surface area contributed by atoms with Crippen molar-refractivity contribution in [3.8, 4) is 0 Å². The third-order valence-corrected chi connectivity index (χ3v) is 4.81. The van der Waals surface area contributed by atoms with Crippen molar-refractivity contribution in [1.29, 1.82) is 0 Å². The lowest BCUT2D eigenvalue weighted by molar-refractivity contribution is -0.156. The van der Waals surface area contributed by atoms with Gasteiger partial charge >= 0.3 is 12.1 Å². The lowest BCUT2D eigenvalue weighted by atomic mass is 9.75. The van der Waals surface area contributed by atoms with Crippen molar-refractivity contribution in [1.82, 2.24) is 4.90 Å². The van der Waals surface area contributed by atoms with E-state index in [1.807, 2.05) is 99.6 Å². The Labute approximate surface area is 204 Å².